The van der Waals surface area contributed by atoms with Gasteiger partial charge in [-0.3, -0.25) is 0 Å². The van der Waals surface area contributed by atoms with Crippen LogP contribution in [0.3, 0.4) is 0 Å². The Hall–Kier alpha value is -1.67. The highest BCUT2D eigenvalue weighted by Gasteiger charge is 2.23. The molecule has 2 aliphatic heterocycles. The Morgan fingerprint density at radius 1 is 1.00 bits per heavy atom. The van der Waals surface area contributed by atoms with Crippen molar-refractivity contribution in [2.45, 2.75) is 18.9 Å². The van der Waals surface area contributed by atoms with Gasteiger partial charge in [-0.25, -0.2) is 0 Å². The van der Waals surface area contributed by atoms with E-state index in [4.69, 9.17) is 15.2 Å². The first-order valence-corrected chi connectivity index (χ1v) is 7.38. The average molecular weight is 294 g/mol. The number of aromatic nitrogens is 3. The molecular formula is C13H22N6O2. The third-order valence-electron chi connectivity index (χ3n) is 3.98. The quantitative estimate of drug-likeness (QED) is 0.827. The number of nitrogens with zero attached hydrogens (tertiary/aromatic N) is 5. The van der Waals surface area contributed by atoms with Gasteiger partial charge in [0, 0.05) is 33.3 Å². The summed E-state index contributed by atoms with van der Waals surface area (Å²) in [5, 5.41) is 0. The molecule has 0 aliphatic carbocycles. The van der Waals surface area contributed by atoms with Crippen LogP contribution in [0, 0.1) is 0 Å². The lowest BCUT2D eigenvalue weighted by atomic mass is 10.1. The van der Waals surface area contributed by atoms with Crippen molar-refractivity contribution in [1.82, 2.24) is 15.0 Å². The minimum absolute atomic E-state index is 0.273. The van der Waals surface area contributed by atoms with E-state index in [1.807, 2.05) is 0 Å². The monoisotopic (exact) mass is 294 g/mol. The summed E-state index contributed by atoms with van der Waals surface area (Å²) in [5.41, 5.74) is 5.85. The fourth-order valence-electron chi connectivity index (χ4n) is 2.71. The Morgan fingerprint density at radius 3 is 2.14 bits per heavy atom. The molecule has 1 aromatic heterocycles. The number of methoxy groups -OCH3 is 1. The molecule has 2 fully saturated rings. The van der Waals surface area contributed by atoms with E-state index in [2.05, 4.69) is 24.8 Å². The van der Waals surface area contributed by atoms with Crippen LogP contribution in [0.15, 0.2) is 0 Å². The summed E-state index contributed by atoms with van der Waals surface area (Å²) in [6, 6.07) is 0. The lowest BCUT2D eigenvalue weighted by molar-refractivity contribution is 0.0816. The van der Waals surface area contributed by atoms with E-state index < -0.39 is 0 Å². The molecule has 8 nitrogen and oxygen atoms in total. The maximum atomic E-state index is 5.85. The molecule has 0 atom stereocenters. The molecule has 0 amide bonds. The molecule has 0 aromatic carbocycles. The maximum Gasteiger partial charge on any atom is 0.232 e. The second kappa shape index (κ2) is 6.40. The summed E-state index contributed by atoms with van der Waals surface area (Å²) < 4.78 is 10.7. The highest BCUT2D eigenvalue weighted by Crippen LogP contribution is 2.21. The summed E-state index contributed by atoms with van der Waals surface area (Å²) in [6.07, 6.45) is 2.29. The standard InChI is InChI=1S/C13H22N6O2/c1-20-10-2-4-18(5-3-10)12-15-11(14)16-13(17-12)19-6-8-21-9-7-19/h10H,2-9H2,1H3,(H2,14,15,16,17). The fourth-order valence-corrected chi connectivity index (χ4v) is 2.71. The highest BCUT2D eigenvalue weighted by atomic mass is 16.5. The fraction of sp³-hybridized carbons (Fsp3) is 0.769. The van der Waals surface area contributed by atoms with Crippen molar-refractivity contribution < 1.29 is 9.47 Å². The van der Waals surface area contributed by atoms with E-state index in [9.17, 15) is 0 Å². The van der Waals surface area contributed by atoms with Gasteiger partial charge in [0.05, 0.1) is 19.3 Å². The molecule has 2 saturated heterocycles. The summed E-state index contributed by atoms with van der Waals surface area (Å²) in [4.78, 5) is 17.4. The SMILES string of the molecule is COC1CCN(c2nc(N)nc(N3CCOCC3)n2)CC1. The molecule has 2 N–H and O–H groups in total. The molecule has 116 valence electrons. The zero-order chi connectivity index (χ0) is 14.7. The zero-order valence-corrected chi connectivity index (χ0v) is 12.4. The van der Waals surface area contributed by atoms with Gasteiger partial charge in [-0.05, 0) is 12.8 Å². The van der Waals surface area contributed by atoms with Crippen molar-refractivity contribution in [3.63, 3.8) is 0 Å². The molecule has 2 aliphatic rings. The average Bonchev–Trinajstić information content (AvgIpc) is 2.55. The molecule has 3 heterocycles. The number of anilines is 3. The van der Waals surface area contributed by atoms with E-state index in [-0.39, 0.29) is 5.95 Å². The number of nitrogen functional groups attached to an aromatic ring is 1. The number of ether oxygens (including phenoxy) is 2. The number of hydrogen-bond donors (Lipinski definition) is 1. The molecule has 0 unspecified atom stereocenters. The van der Waals surface area contributed by atoms with Crippen molar-refractivity contribution in [3.8, 4) is 0 Å². The van der Waals surface area contributed by atoms with Crippen LogP contribution in [0.2, 0.25) is 0 Å². The Kier molecular flexibility index (Phi) is 4.35. The molecule has 0 bridgehead atoms. The Bertz CT molecular complexity index is 472. The van der Waals surface area contributed by atoms with Gasteiger partial charge in [-0.2, -0.15) is 15.0 Å². The topological polar surface area (TPSA) is 89.6 Å². The predicted molar refractivity (Wildman–Crippen MR) is 79.5 cm³/mol. The van der Waals surface area contributed by atoms with Crippen LogP contribution in [0.5, 0.6) is 0 Å². The van der Waals surface area contributed by atoms with Crippen LogP contribution in [0.4, 0.5) is 17.8 Å². The smallest absolute Gasteiger partial charge is 0.232 e. The van der Waals surface area contributed by atoms with Gasteiger partial charge in [0.25, 0.3) is 0 Å². The van der Waals surface area contributed by atoms with Gasteiger partial charge in [0.1, 0.15) is 0 Å². The van der Waals surface area contributed by atoms with Crippen molar-refractivity contribution in [2.24, 2.45) is 0 Å². The van der Waals surface area contributed by atoms with Crippen molar-refractivity contribution in [3.05, 3.63) is 0 Å². The van der Waals surface area contributed by atoms with Gasteiger partial charge in [0.15, 0.2) is 0 Å². The number of hydrogen-bond acceptors (Lipinski definition) is 8. The molecule has 0 spiro atoms. The lowest BCUT2D eigenvalue weighted by Crippen LogP contribution is -2.40. The summed E-state index contributed by atoms with van der Waals surface area (Å²) >= 11 is 0. The first-order chi connectivity index (χ1) is 10.3. The maximum absolute atomic E-state index is 5.85. The van der Waals surface area contributed by atoms with Crippen molar-refractivity contribution >= 4 is 17.8 Å². The van der Waals surface area contributed by atoms with Crippen molar-refractivity contribution in [1.29, 1.82) is 0 Å². The molecule has 1 aromatic rings. The highest BCUT2D eigenvalue weighted by molar-refractivity contribution is 5.44. The Morgan fingerprint density at radius 2 is 1.57 bits per heavy atom. The lowest BCUT2D eigenvalue weighted by Gasteiger charge is -2.32. The molecule has 8 heteroatoms. The van der Waals surface area contributed by atoms with Gasteiger partial charge in [0.2, 0.25) is 17.8 Å². The van der Waals surface area contributed by atoms with Gasteiger partial charge < -0.3 is 25.0 Å². The Labute approximate surface area is 124 Å². The van der Waals surface area contributed by atoms with Crippen LogP contribution < -0.4 is 15.5 Å². The number of rotatable bonds is 3. The van der Waals surface area contributed by atoms with Gasteiger partial charge in [-0.1, -0.05) is 0 Å². The molecule has 3 rings (SSSR count). The van der Waals surface area contributed by atoms with E-state index in [0.717, 1.165) is 39.0 Å². The molecule has 0 radical (unpaired) electrons. The van der Waals surface area contributed by atoms with E-state index in [0.29, 0.717) is 31.2 Å². The second-order valence-corrected chi connectivity index (χ2v) is 5.32. The minimum atomic E-state index is 0.273. The molecule has 0 saturated carbocycles. The number of nitrogens with two attached hydrogens (primary N) is 1. The molecular weight excluding hydrogens is 272 g/mol. The first-order valence-electron chi connectivity index (χ1n) is 7.38. The van der Waals surface area contributed by atoms with E-state index in [1.165, 1.54) is 0 Å². The molecule has 21 heavy (non-hydrogen) atoms. The first kappa shape index (κ1) is 14.3. The van der Waals surface area contributed by atoms with Crippen LogP contribution in [-0.4, -0.2) is 67.6 Å². The van der Waals surface area contributed by atoms with E-state index >= 15 is 0 Å². The minimum Gasteiger partial charge on any atom is -0.381 e. The number of piperidine rings is 1. The predicted octanol–water partition coefficient (Wildman–Crippen LogP) is -0.0944. The van der Waals surface area contributed by atoms with Crippen LogP contribution in [0.25, 0.3) is 0 Å². The van der Waals surface area contributed by atoms with Crippen LogP contribution >= 0.6 is 0 Å². The Balaban J connectivity index is 1.74. The summed E-state index contributed by atoms with van der Waals surface area (Å²) in [5.74, 6) is 1.59. The van der Waals surface area contributed by atoms with Crippen LogP contribution in [0.1, 0.15) is 12.8 Å². The zero-order valence-electron chi connectivity index (χ0n) is 12.4. The third kappa shape index (κ3) is 3.33. The second-order valence-electron chi connectivity index (χ2n) is 5.32. The van der Waals surface area contributed by atoms with Crippen LogP contribution in [-0.2, 0) is 9.47 Å². The normalized spacial score (nSPS) is 20.8. The van der Waals surface area contributed by atoms with Crippen molar-refractivity contribution in [2.75, 3.05) is 62.0 Å². The van der Waals surface area contributed by atoms with E-state index in [1.54, 1.807) is 7.11 Å². The third-order valence-corrected chi connectivity index (χ3v) is 3.98. The number of morpholine rings is 1. The summed E-state index contributed by atoms with van der Waals surface area (Å²) in [6.45, 7) is 4.72. The van der Waals surface area contributed by atoms with Gasteiger partial charge in [-0.15, -0.1) is 0 Å². The van der Waals surface area contributed by atoms with Gasteiger partial charge >= 0.3 is 0 Å². The summed E-state index contributed by atoms with van der Waals surface area (Å²) in [7, 11) is 1.76. The largest absolute Gasteiger partial charge is 0.381 e.